The second-order valence-electron chi connectivity index (χ2n) is 6.64. The fraction of sp³-hybridized carbons (Fsp3) is 0.450. The number of amides is 1. The van der Waals surface area contributed by atoms with E-state index in [0.717, 1.165) is 24.6 Å². The Labute approximate surface area is 159 Å². The minimum atomic E-state index is -0.632. The molecule has 140 valence electrons. The van der Waals surface area contributed by atoms with E-state index in [0.29, 0.717) is 17.3 Å². The van der Waals surface area contributed by atoms with Crippen LogP contribution in [0.5, 0.6) is 5.75 Å². The van der Waals surface area contributed by atoms with Crippen molar-refractivity contribution in [3.8, 4) is 5.75 Å². The number of aryl methyl sites for hydroxylation is 1. The molecule has 26 heavy (non-hydrogen) atoms. The predicted molar refractivity (Wildman–Crippen MR) is 102 cm³/mol. The molecule has 0 bridgehead atoms. The fourth-order valence-electron chi connectivity index (χ4n) is 3.22. The molecule has 1 aliphatic rings. The number of para-hydroxylation sites is 1. The molecular weight excluding hydrogens is 352 g/mol. The van der Waals surface area contributed by atoms with Crippen molar-refractivity contribution >= 4 is 17.5 Å². The molecule has 2 heterocycles. The third-order valence-electron chi connectivity index (χ3n) is 4.65. The lowest BCUT2D eigenvalue weighted by Crippen LogP contribution is -2.41. The molecule has 1 saturated heterocycles. The van der Waals surface area contributed by atoms with Crippen LogP contribution in [0.1, 0.15) is 37.3 Å². The van der Waals surface area contributed by atoms with E-state index in [1.807, 2.05) is 31.2 Å². The number of likely N-dealkylation sites (tertiary alicyclic amines) is 1. The maximum absolute atomic E-state index is 12.5. The average Bonchev–Trinajstić information content (AvgIpc) is 3.29. The number of halogens is 1. The van der Waals surface area contributed by atoms with Crippen LogP contribution in [0.2, 0.25) is 5.02 Å². The van der Waals surface area contributed by atoms with Crippen molar-refractivity contribution in [1.82, 2.24) is 10.2 Å². The number of nitrogens with one attached hydrogen (secondary N) is 1. The van der Waals surface area contributed by atoms with Crippen molar-refractivity contribution < 1.29 is 13.9 Å². The normalized spacial score (nSPS) is 17.0. The Morgan fingerprint density at radius 3 is 2.65 bits per heavy atom. The van der Waals surface area contributed by atoms with E-state index in [2.05, 4.69) is 10.2 Å². The molecule has 1 fully saturated rings. The summed E-state index contributed by atoms with van der Waals surface area (Å²) >= 11 is 6.09. The first kappa shape index (κ1) is 18.8. The molecule has 0 aliphatic carbocycles. The van der Waals surface area contributed by atoms with E-state index in [4.69, 9.17) is 20.8 Å². The number of hydrogen-bond acceptors (Lipinski definition) is 4. The smallest absolute Gasteiger partial charge is 0.260 e. The standard InChI is InChI=1S/C20H25ClN2O3/c1-14-9-10-19(25-14)17(23-11-5-6-12-23)13-22-20(24)15(2)26-18-8-4-3-7-16(18)21/h3-4,7-10,15,17H,5-6,11-13H2,1-2H3,(H,22,24)/t15-,17-/m1/s1. The highest BCUT2D eigenvalue weighted by Crippen LogP contribution is 2.27. The third-order valence-corrected chi connectivity index (χ3v) is 4.96. The van der Waals surface area contributed by atoms with Crippen molar-refractivity contribution in [1.29, 1.82) is 0 Å². The molecule has 0 unspecified atom stereocenters. The monoisotopic (exact) mass is 376 g/mol. The first-order valence-electron chi connectivity index (χ1n) is 9.04. The number of furan rings is 1. The molecule has 1 aromatic heterocycles. The summed E-state index contributed by atoms with van der Waals surface area (Å²) in [5.41, 5.74) is 0. The van der Waals surface area contributed by atoms with Crippen LogP contribution in [0.15, 0.2) is 40.8 Å². The Kier molecular flexibility index (Phi) is 6.22. The molecule has 0 spiro atoms. The molecule has 1 aromatic carbocycles. The van der Waals surface area contributed by atoms with Gasteiger partial charge < -0.3 is 14.5 Å². The lowest BCUT2D eigenvalue weighted by atomic mass is 10.2. The summed E-state index contributed by atoms with van der Waals surface area (Å²) in [6, 6.07) is 11.1. The highest BCUT2D eigenvalue weighted by Gasteiger charge is 2.27. The van der Waals surface area contributed by atoms with Crippen molar-refractivity contribution in [2.45, 2.75) is 38.8 Å². The molecule has 0 saturated carbocycles. The van der Waals surface area contributed by atoms with E-state index >= 15 is 0 Å². The molecular formula is C20H25ClN2O3. The highest BCUT2D eigenvalue weighted by atomic mass is 35.5. The van der Waals surface area contributed by atoms with Gasteiger partial charge in [0.05, 0.1) is 11.1 Å². The largest absolute Gasteiger partial charge is 0.479 e. The van der Waals surface area contributed by atoms with Gasteiger partial charge in [-0.3, -0.25) is 9.69 Å². The summed E-state index contributed by atoms with van der Waals surface area (Å²) in [7, 11) is 0. The van der Waals surface area contributed by atoms with Crippen LogP contribution in [0.3, 0.4) is 0 Å². The van der Waals surface area contributed by atoms with E-state index in [1.54, 1.807) is 19.1 Å². The van der Waals surface area contributed by atoms with Crippen LogP contribution >= 0.6 is 11.6 Å². The number of nitrogens with zero attached hydrogens (tertiary/aromatic N) is 1. The second-order valence-corrected chi connectivity index (χ2v) is 7.05. The molecule has 5 nitrogen and oxygen atoms in total. The Balaban J connectivity index is 1.61. The lowest BCUT2D eigenvalue weighted by molar-refractivity contribution is -0.127. The van der Waals surface area contributed by atoms with Gasteiger partial charge in [0, 0.05) is 6.54 Å². The van der Waals surface area contributed by atoms with E-state index in [1.165, 1.54) is 12.8 Å². The van der Waals surface area contributed by atoms with Gasteiger partial charge in [-0.05, 0) is 64.0 Å². The maximum atomic E-state index is 12.5. The predicted octanol–water partition coefficient (Wildman–Crippen LogP) is 3.96. The van der Waals surface area contributed by atoms with Crippen LogP contribution in [0.25, 0.3) is 0 Å². The van der Waals surface area contributed by atoms with E-state index in [-0.39, 0.29) is 11.9 Å². The van der Waals surface area contributed by atoms with Gasteiger partial charge in [-0.15, -0.1) is 0 Å². The number of benzene rings is 1. The number of carbonyl (C=O) groups excluding carboxylic acids is 1. The SMILES string of the molecule is Cc1ccc([C@@H](CNC(=O)[C@@H](C)Oc2ccccc2Cl)N2CCCC2)o1. The van der Waals surface area contributed by atoms with Gasteiger partial charge in [0.1, 0.15) is 17.3 Å². The highest BCUT2D eigenvalue weighted by molar-refractivity contribution is 6.32. The second kappa shape index (κ2) is 8.60. The van der Waals surface area contributed by atoms with Crippen LogP contribution in [0, 0.1) is 6.92 Å². The molecule has 1 amide bonds. The minimum absolute atomic E-state index is 0.0441. The van der Waals surface area contributed by atoms with Crippen molar-refractivity contribution in [2.24, 2.45) is 0 Å². The van der Waals surface area contributed by atoms with Crippen molar-refractivity contribution in [3.05, 3.63) is 52.9 Å². The molecule has 1 N–H and O–H groups in total. The van der Waals surface area contributed by atoms with E-state index in [9.17, 15) is 4.79 Å². The van der Waals surface area contributed by atoms with Crippen molar-refractivity contribution in [2.75, 3.05) is 19.6 Å². The van der Waals surface area contributed by atoms with Gasteiger partial charge in [0.15, 0.2) is 6.10 Å². The zero-order chi connectivity index (χ0) is 18.5. The van der Waals surface area contributed by atoms with Crippen LogP contribution in [-0.4, -0.2) is 36.5 Å². The number of carbonyl (C=O) groups is 1. The Bertz CT molecular complexity index is 740. The van der Waals surface area contributed by atoms with Gasteiger partial charge in [0.25, 0.3) is 5.91 Å². The molecule has 1 aliphatic heterocycles. The van der Waals surface area contributed by atoms with Gasteiger partial charge in [-0.2, -0.15) is 0 Å². The quantitative estimate of drug-likeness (QED) is 0.794. The van der Waals surface area contributed by atoms with Crippen LogP contribution in [-0.2, 0) is 4.79 Å². The summed E-state index contributed by atoms with van der Waals surface area (Å²) in [4.78, 5) is 14.8. The summed E-state index contributed by atoms with van der Waals surface area (Å²) < 4.78 is 11.5. The molecule has 2 aromatic rings. The topological polar surface area (TPSA) is 54.7 Å². The number of hydrogen-bond donors (Lipinski definition) is 1. The van der Waals surface area contributed by atoms with Crippen LogP contribution < -0.4 is 10.1 Å². The minimum Gasteiger partial charge on any atom is -0.479 e. The molecule has 3 rings (SSSR count). The Hall–Kier alpha value is -1.98. The maximum Gasteiger partial charge on any atom is 0.260 e. The third kappa shape index (κ3) is 4.59. The van der Waals surface area contributed by atoms with E-state index < -0.39 is 6.10 Å². The van der Waals surface area contributed by atoms with Gasteiger partial charge in [-0.25, -0.2) is 0 Å². The zero-order valence-electron chi connectivity index (χ0n) is 15.2. The summed E-state index contributed by atoms with van der Waals surface area (Å²) in [5, 5.41) is 3.49. The Morgan fingerprint density at radius 1 is 1.27 bits per heavy atom. The zero-order valence-corrected chi connectivity index (χ0v) is 16.0. The summed E-state index contributed by atoms with van der Waals surface area (Å²) in [6.45, 7) is 6.18. The number of ether oxygens (including phenoxy) is 1. The number of rotatable bonds is 7. The average molecular weight is 377 g/mol. The molecule has 0 radical (unpaired) electrons. The Morgan fingerprint density at radius 2 is 2.00 bits per heavy atom. The van der Waals surface area contributed by atoms with Gasteiger partial charge >= 0.3 is 0 Å². The summed E-state index contributed by atoms with van der Waals surface area (Å²) in [5.74, 6) is 2.11. The first-order chi connectivity index (χ1) is 12.5. The summed E-state index contributed by atoms with van der Waals surface area (Å²) in [6.07, 6.45) is 1.72. The van der Waals surface area contributed by atoms with Gasteiger partial charge in [0.2, 0.25) is 0 Å². The van der Waals surface area contributed by atoms with Gasteiger partial charge in [-0.1, -0.05) is 23.7 Å². The lowest BCUT2D eigenvalue weighted by Gasteiger charge is -2.26. The fourth-order valence-corrected chi connectivity index (χ4v) is 3.40. The van der Waals surface area contributed by atoms with Crippen LogP contribution in [0.4, 0.5) is 0 Å². The first-order valence-corrected chi connectivity index (χ1v) is 9.41. The molecule has 6 heteroatoms. The molecule has 2 atom stereocenters. The van der Waals surface area contributed by atoms with Crippen molar-refractivity contribution in [3.63, 3.8) is 0 Å².